The van der Waals surface area contributed by atoms with Crippen molar-refractivity contribution in [2.24, 2.45) is 0 Å². The molecule has 0 fully saturated rings. The second-order valence-corrected chi connectivity index (χ2v) is 3.36. The Morgan fingerprint density at radius 2 is 2.12 bits per heavy atom. The molecule has 0 bridgehead atoms. The topological polar surface area (TPSA) is 0 Å². The Balaban J connectivity index is 3.71. The molecular weight excluding hydrogens is 112 g/mol. The predicted molar refractivity (Wildman–Crippen MR) is 42.7 cm³/mol. The van der Waals surface area contributed by atoms with Gasteiger partial charge in [0.2, 0.25) is 0 Å². The van der Waals surface area contributed by atoms with Crippen molar-refractivity contribution in [1.29, 1.82) is 0 Å². The summed E-state index contributed by atoms with van der Waals surface area (Å²) in [5.41, 5.74) is 2.01. The average molecular weight is 124 g/mol. The van der Waals surface area contributed by atoms with E-state index in [1.165, 1.54) is 5.20 Å². The van der Waals surface area contributed by atoms with E-state index in [9.17, 15) is 0 Å². The van der Waals surface area contributed by atoms with E-state index in [0.717, 1.165) is 0 Å². The summed E-state index contributed by atoms with van der Waals surface area (Å²) in [6, 6.07) is 0. The van der Waals surface area contributed by atoms with Gasteiger partial charge in [0.1, 0.15) is 0 Å². The van der Waals surface area contributed by atoms with Gasteiger partial charge in [0.05, 0.1) is 9.52 Å². The van der Waals surface area contributed by atoms with Crippen LogP contribution in [0.5, 0.6) is 0 Å². The molecule has 0 aliphatic rings. The highest BCUT2D eigenvalue weighted by Gasteiger charge is 1.81. The number of rotatable bonds is 3. The van der Waals surface area contributed by atoms with Crippen molar-refractivity contribution < 1.29 is 0 Å². The molecule has 8 heavy (non-hydrogen) atoms. The molecule has 0 aromatic carbocycles. The number of allylic oxidation sites excluding steroid dienone is 3. The molecule has 0 heterocycles. The van der Waals surface area contributed by atoms with Crippen LogP contribution in [0.3, 0.4) is 0 Å². The lowest BCUT2D eigenvalue weighted by molar-refractivity contribution is 1.70. The van der Waals surface area contributed by atoms with Gasteiger partial charge in [-0.3, -0.25) is 0 Å². The molecule has 0 nitrogen and oxygen atoms in total. The van der Waals surface area contributed by atoms with Gasteiger partial charge in [-0.25, -0.2) is 0 Å². The van der Waals surface area contributed by atoms with E-state index in [1.54, 1.807) is 0 Å². The maximum atomic E-state index is 3.67. The largest absolute Gasteiger partial charge is 0.107 e. The van der Waals surface area contributed by atoms with Gasteiger partial charge in [0, 0.05) is 0 Å². The van der Waals surface area contributed by atoms with E-state index in [-0.39, 0.29) is 9.52 Å². The molecule has 0 aliphatic carbocycles. The van der Waals surface area contributed by atoms with Crippen LogP contribution in [0.15, 0.2) is 36.2 Å². The first-order chi connectivity index (χ1) is 3.85. The molecule has 0 spiro atoms. The normalized spacial score (nSPS) is 12.4. The van der Waals surface area contributed by atoms with Crippen molar-refractivity contribution in [3.8, 4) is 0 Å². The second-order valence-electron chi connectivity index (χ2n) is 1.56. The third-order valence-corrected chi connectivity index (χ3v) is 2.47. The van der Waals surface area contributed by atoms with Crippen LogP contribution < -0.4 is 0 Å². The molecule has 0 saturated carbocycles. The molecule has 0 aliphatic heterocycles. The van der Waals surface area contributed by atoms with Crippen LogP contribution in [0, 0.1) is 0 Å². The Morgan fingerprint density at radius 3 is 2.25 bits per heavy atom. The summed E-state index contributed by atoms with van der Waals surface area (Å²) in [7, 11) is -0.157. The van der Waals surface area contributed by atoms with Crippen molar-refractivity contribution in [1.82, 2.24) is 0 Å². The molecule has 0 aromatic heterocycles. The summed E-state index contributed by atoms with van der Waals surface area (Å²) >= 11 is 0. The predicted octanol–water partition coefficient (Wildman–Crippen LogP) is 1.39. The molecule has 0 amide bonds. The van der Waals surface area contributed by atoms with Crippen molar-refractivity contribution >= 4 is 9.52 Å². The second kappa shape index (κ2) is 4.59. The molecular formula is C7H12Si. The van der Waals surface area contributed by atoms with E-state index in [1.807, 2.05) is 18.7 Å². The standard InChI is InChI=1S/C7H12Si/c1-4-7(5-2)8-6-3/h4-6H,1,3,8H2,2H3. The zero-order chi connectivity index (χ0) is 6.41. The highest BCUT2D eigenvalue weighted by Crippen LogP contribution is 1.90. The first-order valence-electron chi connectivity index (χ1n) is 2.73. The Labute approximate surface area is 53.4 Å². The van der Waals surface area contributed by atoms with Gasteiger partial charge in [0.15, 0.2) is 0 Å². The molecule has 0 unspecified atom stereocenters. The van der Waals surface area contributed by atoms with E-state index in [2.05, 4.69) is 19.2 Å². The van der Waals surface area contributed by atoms with Crippen molar-refractivity contribution in [3.63, 3.8) is 0 Å². The summed E-state index contributed by atoms with van der Waals surface area (Å²) in [6.07, 6.45) is 4.01. The fourth-order valence-electron chi connectivity index (χ4n) is 0.486. The Bertz CT molecular complexity index is 112. The summed E-state index contributed by atoms with van der Waals surface area (Å²) in [5.74, 6) is 0. The third kappa shape index (κ3) is 2.58. The molecule has 44 valence electrons. The Kier molecular flexibility index (Phi) is 4.27. The maximum Gasteiger partial charge on any atom is 0.0771 e. The Hall–Kier alpha value is -0.563. The lowest BCUT2D eigenvalue weighted by Crippen LogP contribution is -1.85. The molecule has 0 aromatic rings. The van der Waals surface area contributed by atoms with Gasteiger partial charge in [-0.1, -0.05) is 23.9 Å². The van der Waals surface area contributed by atoms with Crippen LogP contribution in [-0.4, -0.2) is 9.52 Å². The van der Waals surface area contributed by atoms with Crippen LogP contribution in [0.2, 0.25) is 0 Å². The minimum absolute atomic E-state index is 0.157. The van der Waals surface area contributed by atoms with Gasteiger partial charge in [-0.05, 0) is 6.92 Å². The number of hydrogen-bond donors (Lipinski definition) is 0. The molecule has 0 saturated heterocycles. The van der Waals surface area contributed by atoms with E-state index in [4.69, 9.17) is 0 Å². The zero-order valence-electron chi connectivity index (χ0n) is 5.35. The lowest BCUT2D eigenvalue weighted by Gasteiger charge is -1.89. The van der Waals surface area contributed by atoms with E-state index >= 15 is 0 Å². The molecule has 1 heteroatoms. The quantitative estimate of drug-likeness (QED) is 0.394. The fourth-order valence-corrected chi connectivity index (χ4v) is 1.22. The molecule has 0 radical (unpaired) electrons. The summed E-state index contributed by atoms with van der Waals surface area (Å²) in [5, 5.41) is 1.38. The first-order valence-corrected chi connectivity index (χ1v) is 4.26. The van der Waals surface area contributed by atoms with Crippen molar-refractivity contribution in [2.45, 2.75) is 6.92 Å². The van der Waals surface area contributed by atoms with Gasteiger partial charge in [-0.2, -0.15) is 0 Å². The minimum Gasteiger partial charge on any atom is -0.107 e. The number of hydrogen-bond acceptors (Lipinski definition) is 0. The summed E-state index contributed by atoms with van der Waals surface area (Å²) in [6.45, 7) is 9.37. The monoisotopic (exact) mass is 124 g/mol. The maximum absolute atomic E-state index is 3.67. The van der Waals surface area contributed by atoms with Crippen molar-refractivity contribution in [3.05, 3.63) is 36.2 Å². The Morgan fingerprint density at radius 1 is 1.50 bits per heavy atom. The van der Waals surface area contributed by atoms with Crippen molar-refractivity contribution in [2.75, 3.05) is 0 Å². The van der Waals surface area contributed by atoms with Gasteiger partial charge in [0.25, 0.3) is 0 Å². The average Bonchev–Trinajstić information content (AvgIpc) is 1.83. The summed E-state index contributed by atoms with van der Waals surface area (Å²) < 4.78 is 0. The van der Waals surface area contributed by atoms with E-state index < -0.39 is 0 Å². The van der Waals surface area contributed by atoms with Crippen LogP contribution in [0.1, 0.15) is 6.92 Å². The first kappa shape index (κ1) is 7.44. The van der Waals surface area contributed by atoms with Gasteiger partial charge >= 0.3 is 0 Å². The van der Waals surface area contributed by atoms with Gasteiger partial charge < -0.3 is 0 Å². The summed E-state index contributed by atoms with van der Waals surface area (Å²) in [4.78, 5) is 0. The SMILES string of the molecule is C=C[SiH2]C(C=C)=CC. The fraction of sp³-hybridized carbons (Fsp3) is 0.143. The smallest absolute Gasteiger partial charge is 0.0771 e. The van der Waals surface area contributed by atoms with Crippen LogP contribution in [0.25, 0.3) is 0 Å². The minimum atomic E-state index is -0.157. The highest BCUT2D eigenvalue weighted by molar-refractivity contribution is 6.51. The van der Waals surface area contributed by atoms with Gasteiger partial charge in [-0.15, -0.1) is 12.3 Å². The molecule has 0 N–H and O–H groups in total. The van der Waals surface area contributed by atoms with Crippen LogP contribution in [0.4, 0.5) is 0 Å². The molecule has 0 rings (SSSR count). The third-order valence-electron chi connectivity index (χ3n) is 1.01. The lowest BCUT2D eigenvalue weighted by atomic mass is 10.5. The van der Waals surface area contributed by atoms with E-state index in [0.29, 0.717) is 0 Å². The van der Waals surface area contributed by atoms with Crippen LogP contribution >= 0.6 is 0 Å². The molecule has 0 atom stereocenters. The van der Waals surface area contributed by atoms with Crippen LogP contribution in [-0.2, 0) is 0 Å². The highest BCUT2D eigenvalue weighted by atomic mass is 28.2. The zero-order valence-corrected chi connectivity index (χ0v) is 6.77.